The Hall–Kier alpha value is -3.26. The molecule has 0 aliphatic rings. The molecule has 2 aromatic carbocycles. The van der Waals surface area contributed by atoms with Crippen molar-refractivity contribution < 1.29 is 4.42 Å². The SMILES string of the molecule is O=c1c(Cc2ccccc2)nnc2s/c(=C\c3ccc(-c4ccc(Cl)cc4Cl)o3)c(=O)n12. The number of benzene rings is 2. The Balaban J connectivity index is 1.55. The minimum absolute atomic E-state index is 0.216. The molecular weight excluding hydrogens is 469 g/mol. The van der Waals surface area contributed by atoms with Crippen molar-refractivity contribution in [3.05, 3.63) is 113 Å². The molecule has 0 aliphatic carbocycles. The molecule has 3 heterocycles. The first-order valence-electron chi connectivity index (χ1n) is 9.51. The molecule has 0 fully saturated rings. The Morgan fingerprint density at radius 2 is 1.78 bits per heavy atom. The highest BCUT2D eigenvalue weighted by molar-refractivity contribution is 7.15. The fraction of sp³-hybridized carbons (Fsp3) is 0.0435. The Morgan fingerprint density at radius 3 is 2.56 bits per heavy atom. The van der Waals surface area contributed by atoms with Gasteiger partial charge in [-0.05, 0) is 35.9 Å². The second-order valence-electron chi connectivity index (χ2n) is 6.97. The van der Waals surface area contributed by atoms with E-state index in [0.29, 0.717) is 38.1 Å². The first-order valence-corrected chi connectivity index (χ1v) is 11.1. The maximum absolute atomic E-state index is 12.9. The van der Waals surface area contributed by atoms with Crippen LogP contribution in [0.1, 0.15) is 17.0 Å². The number of hydrogen-bond acceptors (Lipinski definition) is 6. The lowest BCUT2D eigenvalue weighted by molar-refractivity contribution is 0.571. The number of aromatic nitrogens is 3. The highest BCUT2D eigenvalue weighted by Gasteiger charge is 2.14. The standard InChI is InChI=1S/C23H13Cl2N3O3S/c24-14-6-8-16(17(25)11-14)19-9-7-15(31-19)12-20-22(30)28-21(29)18(26-27-23(28)32-20)10-13-4-2-1-3-5-13/h1-9,11-12H,10H2/b20-12-. The summed E-state index contributed by atoms with van der Waals surface area (Å²) in [6, 6.07) is 18.0. The van der Waals surface area contributed by atoms with Crippen LogP contribution in [-0.4, -0.2) is 14.6 Å². The second kappa shape index (κ2) is 8.35. The molecule has 0 saturated heterocycles. The van der Waals surface area contributed by atoms with Gasteiger partial charge in [0.1, 0.15) is 21.7 Å². The Kier molecular flexibility index (Phi) is 5.38. The number of halogens is 2. The van der Waals surface area contributed by atoms with Crippen molar-refractivity contribution in [2.45, 2.75) is 6.42 Å². The zero-order valence-corrected chi connectivity index (χ0v) is 18.6. The zero-order valence-electron chi connectivity index (χ0n) is 16.3. The summed E-state index contributed by atoms with van der Waals surface area (Å²) < 4.78 is 7.21. The van der Waals surface area contributed by atoms with Gasteiger partial charge in [0.2, 0.25) is 4.96 Å². The summed E-state index contributed by atoms with van der Waals surface area (Å²) in [4.78, 5) is 26.0. The summed E-state index contributed by atoms with van der Waals surface area (Å²) >= 11 is 13.3. The number of fused-ring (bicyclic) bond motifs is 1. The van der Waals surface area contributed by atoms with Crippen molar-refractivity contribution in [3.63, 3.8) is 0 Å². The molecule has 158 valence electrons. The number of thiazole rings is 1. The van der Waals surface area contributed by atoms with Crippen LogP contribution in [0.25, 0.3) is 22.4 Å². The number of nitrogens with zero attached hydrogens (tertiary/aromatic N) is 3. The third-order valence-electron chi connectivity index (χ3n) is 4.82. The maximum Gasteiger partial charge on any atom is 0.283 e. The lowest BCUT2D eigenvalue weighted by atomic mass is 10.1. The summed E-state index contributed by atoms with van der Waals surface area (Å²) in [5, 5.41) is 9.11. The predicted molar refractivity (Wildman–Crippen MR) is 126 cm³/mol. The van der Waals surface area contributed by atoms with Crippen molar-refractivity contribution in [2.75, 3.05) is 0 Å². The van der Waals surface area contributed by atoms with Gasteiger partial charge in [0, 0.05) is 23.1 Å². The van der Waals surface area contributed by atoms with Crippen LogP contribution >= 0.6 is 34.5 Å². The molecular formula is C23H13Cl2N3O3S. The average molecular weight is 482 g/mol. The summed E-state index contributed by atoms with van der Waals surface area (Å²) in [6.45, 7) is 0. The molecule has 0 N–H and O–H groups in total. The molecule has 0 saturated carbocycles. The van der Waals surface area contributed by atoms with Gasteiger partial charge in [-0.15, -0.1) is 10.2 Å². The number of furan rings is 1. The van der Waals surface area contributed by atoms with Gasteiger partial charge >= 0.3 is 0 Å². The van der Waals surface area contributed by atoms with Crippen LogP contribution in [0, 0.1) is 0 Å². The minimum atomic E-state index is -0.465. The van der Waals surface area contributed by atoms with Gasteiger partial charge in [-0.2, -0.15) is 0 Å². The molecule has 6 nitrogen and oxygen atoms in total. The van der Waals surface area contributed by atoms with Crippen molar-refractivity contribution in [3.8, 4) is 11.3 Å². The molecule has 9 heteroatoms. The smallest absolute Gasteiger partial charge is 0.283 e. The van der Waals surface area contributed by atoms with E-state index in [1.165, 1.54) is 0 Å². The summed E-state index contributed by atoms with van der Waals surface area (Å²) in [5.74, 6) is 0.980. The van der Waals surface area contributed by atoms with Gasteiger partial charge in [-0.3, -0.25) is 9.59 Å². The Bertz CT molecular complexity index is 1620. The van der Waals surface area contributed by atoms with E-state index in [0.717, 1.165) is 21.3 Å². The summed E-state index contributed by atoms with van der Waals surface area (Å²) in [7, 11) is 0. The molecule has 0 atom stereocenters. The molecule has 3 aromatic heterocycles. The van der Waals surface area contributed by atoms with E-state index in [1.807, 2.05) is 30.3 Å². The highest BCUT2D eigenvalue weighted by Crippen LogP contribution is 2.31. The molecule has 0 spiro atoms. The number of hydrogen-bond donors (Lipinski definition) is 0. The lowest BCUT2D eigenvalue weighted by Crippen LogP contribution is -2.33. The van der Waals surface area contributed by atoms with Crippen LogP contribution in [0.4, 0.5) is 0 Å². The van der Waals surface area contributed by atoms with Crippen molar-refractivity contribution in [2.24, 2.45) is 0 Å². The van der Waals surface area contributed by atoms with Crippen LogP contribution in [0.3, 0.4) is 0 Å². The van der Waals surface area contributed by atoms with Crippen LogP contribution < -0.4 is 15.7 Å². The van der Waals surface area contributed by atoms with Crippen molar-refractivity contribution in [1.82, 2.24) is 14.6 Å². The van der Waals surface area contributed by atoms with E-state index < -0.39 is 11.1 Å². The summed E-state index contributed by atoms with van der Waals surface area (Å²) in [6.07, 6.45) is 1.87. The Morgan fingerprint density at radius 1 is 0.969 bits per heavy atom. The Labute approximate surface area is 195 Å². The van der Waals surface area contributed by atoms with E-state index in [2.05, 4.69) is 10.2 Å². The predicted octanol–water partition coefficient (Wildman–Crippen LogP) is 4.22. The van der Waals surface area contributed by atoms with E-state index in [1.54, 1.807) is 36.4 Å². The third kappa shape index (κ3) is 3.86. The average Bonchev–Trinajstić information content (AvgIpc) is 3.36. The normalized spacial score (nSPS) is 12.0. The molecule has 5 aromatic rings. The molecule has 0 aliphatic heterocycles. The van der Waals surface area contributed by atoms with Gasteiger partial charge in [-0.1, -0.05) is 64.9 Å². The van der Waals surface area contributed by atoms with Gasteiger partial charge < -0.3 is 4.42 Å². The van der Waals surface area contributed by atoms with E-state index in [9.17, 15) is 9.59 Å². The maximum atomic E-state index is 12.9. The van der Waals surface area contributed by atoms with Gasteiger partial charge in [0.05, 0.1) is 5.02 Å². The van der Waals surface area contributed by atoms with Gasteiger partial charge in [0.15, 0.2) is 0 Å². The zero-order chi connectivity index (χ0) is 22.2. The van der Waals surface area contributed by atoms with Crippen LogP contribution in [0.5, 0.6) is 0 Å². The third-order valence-corrected chi connectivity index (χ3v) is 6.33. The molecule has 0 radical (unpaired) electrons. The van der Waals surface area contributed by atoms with Crippen molar-refractivity contribution in [1.29, 1.82) is 0 Å². The van der Waals surface area contributed by atoms with Crippen LogP contribution in [0.15, 0.2) is 74.7 Å². The fourth-order valence-electron chi connectivity index (χ4n) is 3.29. The fourth-order valence-corrected chi connectivity index (χ4v) is 4.68. The monoisotopic (exact) mass is 481 g/mol. The largest absolute Gasteiger partial charge is 0.457 e. The summed E-state index contributed by atoms with van der Waals surface area (Å²) in [5.41, 5.74) is 0.890. The topological polar surface area (TPSA) is 77.5 Å². The first-order chi connectivity index (χ1) is 15.5. The van der Waals surface area contributed by atoms with E-state index in [4.69, 9.17) is 27.6 Å². The van der Waals surface area contributed by atoms with Crippen molar-refractivity contribution >= 4 is 45.6 Å². The first kappa shape index (κ1) is 20.6. The molecule has 0 bridgehead atoms. The molecule has 0 unspecified atom stereocenters. The molecule has 5 rings (SSSR count). The molecule has 32 heavy (non-hydrogen) atoms. The highest BCUT2D eigenvalue weighted by atomic mass is 35.5. The van der Waals surface area contributed by atoms with Crippen LogP contribution in [-0.2, 0) is 6.42 Å². The number of rotatable bonds is 4. The lowest BCUT2D eigenvalue weighted by Gasteiger charge is -2.00. The molecule has 0 amide bonds. The van der Waals surface area contributed by atoms with E-state index >= 15 is 0 Å². The second-order valence-corrected chi connectivity index (χ2v) is 8.83. The van der Waals surface area contributed by atoms with E-state index in [-0.39, 0.29) is 10.7 Å². The van der Waals surface area contributed by atoms with Crippen LogP contribution in [0.2, 0.25) is 10.0 Å². The van der Waals surface area contributed by atoms with Gasteiger partial charge in [0.25, 0.3) is 11.1 Å². The van der Waals surface area contributed by atoms with Gasteiger partial charge in [-0.25, -0.2) is 4.40 Å². The minimum Gasteiger partial charge on any atom is -0.457 e. The quantitative estimate of drug-likeness (QED) is 0.384.